The third-order valence-corrected chi connectivity index (χ3v) is 8.41. The van der Waals surface area contributed by atoms with Gasteiger partial charge in [-0.3, -0.25) is 9.69 Å². The Bertz CT molecular complexity index is 1310. The molecule has 1 aliphatic rings. The van der Waals surface area contributed by atoms with Crippen LogP contribution in [0.5, 0.6) is 17.2 Å². The van der Waals surface area contributed by atoms with Gasteiger partial charge < -0.3 is 14.2 Å². The third-order valence-electron chi connectivity index (χ3n) is 8.41. The van der Waals surface area contributed by atoms with E-state index in [0.29, 0.717) is 18.8 Å². The highest BCUT2D eigenvalue weighted by Gasteiger charge is 2.14. The molecular weight excluding hydrogens is 546 g/mol. The molecule has 0 radical (unpaired) electrons. The van der Waals surface area contributed by atoms with Gasteiger partial charge in [0.15, 0.2) is 0 Å². The van der Waals surface area contributed by atoms with Crippen LogP contribution >= 0.6 is 0 Å². The molecule has 0 unspecified atom stereocenters. The number of hydrogen-bond acceptors (Lipinski definition) is 5. The van der Waals surface area contributed by atoms with Gasteiger partial charge in [0.05, 0.1) is 7.11 Å². The molecule has 0 aromatic heterocycles. The van der Waals surface area contributed by atoms with E-state index in [1.165, 1.54) is 69.2 Å². The molecule has 3 aromatic rings. The Morgan fingerprint density at radius 1 is 0.773 bits per heavy atom. The van der Waals surface area contributed by atoms with Crippen molar-refractivity contribution in [2.45, 2.75) is 84.5 Å². The fourth-order valence-electron chi connectivity index (χ4n) is 5.95. The van der Waals surface area contributed by atoms with E-state index in [9.17, 15) is 4.79 Å². The monoisotopic (exact) mass is 597 g/mol. The van der Waals surface area contributed by atoms with Crippen LogP contribution in [0, 0.1) is 0 Å². The molecule has 236 valence electrons. The van der Waals surface area contributed by atoms with Crippen molar-refractivity contribution in [2.75, 3.05) is 33.4 Å². The predicted octanol–water partition coefficient (Wildman–Crippen LogP) is 9.28. The molecule has 0 saturated carbocycles. The van der Waals surface area contributed by atoms with Crippen molar-refractivity contribution in [3.63, 3.8) is 0 Å². The second kappa shape index (κ2) is 18.3. The van der Waals surface area contributed by atoms with Crippen LogP contribution in [-0.4, -0.2) is 44.2 Å². The fraction of sp³-hybridized carbons (Fsp3) is 0.462. The maximum absolute atomic E-state index is 12.5. The first-order valence-electron chi connectivity index (χ1n) is 16.6. The highest BCUT2D eigenvalue weighted by Crippen LogP contribution is 2.32. The quantitative estimate of drug-likeness (QED) is 0.0831. The van der Waals surface area contributed by atoms with Crippen LogP contribution in [0.15, 0.2) is 78.4 Å². The highest BCUT2D eigenvalue weighted by atomic mass is 16.5. The number of unbranched alkanes of at least 4 members (excludes halogenated alkanes) is 6. The molecule has 0 bridgehead atoms. The number of esters is 1. The summed E-state index contributed by atoms with van der Waals surface area (Å²) >= 11 is 0. The van der Waals surface area contributed by atoms with E-state index in [1.807, 2.05) is 24.3 Å². The number of allylic oxidation sites excluding steroid dienone is 1. The second-order valence-electron chi connectivity index (χ2n) is 12.0. The van der Waals surface area contributed by atoms with E-state index in [-0.39, 0.29) is 5.97 Å². The topological polar surface area (TPSA) is 48.0 Å². The molecule has 5 heteroatoms. The van der Waals surface area contributed by atoms with Crippen LogP contribution in [0.4, 0.5) is 0 Å². The van der Waals surface area contributed by atoms with Crippen LogP contribution in [0.3, 0.4) is 0 Å². The first kappa shape index (κ1) is 33.3. The molecule has 0 N–H and O–H groups in total. The smallest absolute Gasteiger partial charge is 0.311 e. The summed E-state index contributed by atoms with van der Waals surface area (Å²) in [5.41, 5.74) is 5.81. The third kappa shape index (κ3) is 10.9. The van der Waals surface area contributed by atoms with Gasteiger partial charge in [-0.15, -0.1) is 0 Å². The Morgan fingerprint density at radius 3 is 2.07 bits per heavy atom. The molecule has 1 saturated heterocycles. The van der Waals surface area contributed by atoms with Gasteiger partial charge in [0.25, 0.3) is 0 Å². The second-order valence-corrected chi connectivity index (χ2v) is 12.0. The SMILES string of the molecule is CCCCCCCCCC(=O)Oc1ccc(/C(=C(/C)Cc2cccc(OC)c2)c2ccc(OCCN3CCCC3)cc2)cc1. The zero-order valence-electron chi connectivity index (χ0n) is 27.1. The summed E-state index contributed by atoms with van der Waals surface area (Å²) in [4.78, 5) is 14.9. The van der Waals surface area contributed by atoms with Crippen LogP contribution in [0.1, 0.15) is 94.7 Å². The normalized spacial score (nSPS) is 13.9. The number of ether oxygens (including phenoxy) is 3. The summed E-state index contributed by atoms with van der Waals surface area (Å²) in [5, 5.41) is 0. The minimum absolute atomic E-state index is 0.156. The molecule has 1 heterocycles. The number of carbonyl (C=O) groups excluding carboxylic acids is 1. The molecule has 0 spiro atoms. The van der Waals surface area contributed by atoms with Crippen LogP contribution in [0.2, 0.25) is 0 Å². The molecule has 5 nitrogen and oxygen atoms in total. The molecule has 4 rings (SSSR count). The number of rotatable bonds is 18. The summed E-state index contributed by atoms with van der Waals surface area (Å²) in [7, 11) is 1.70. The summed E-state index contributed by atoms with van der Waals surface area (Å²) in [6.07, 6.45) is 12.1. The molecule has 3 aromatic carbocycles. The molecule has 1 fully saturated rings. The van der Waals surface area contributed by atoms with Crippen molar-refractivity contribution in [1.82, 2.24) is 4.90 Å². The van der Waals surface area contributed by atoms with Crippen LogP contribution in [-0.2, 0) is 11.2 Å². The Morgan fingerprint density at radius 2 is 1.41 bits per heavy atom. The fourth-order valence-corrected chi connectivity index (χ4v) is 5.95. The Hall–Kier alpha value is -3.57. The maximum atomic E-state index is 12.5. The molecule has 0 amide bonds. The van der Waals surface area contributed by atoms with Gasteiger partial charge >= 0.3 is 5.97 Å². The first-order chi connectivity index (χ1) is 21.6. The minimum Gasteiger partial charge on any atom is -0.497 e. The van der Waals surface area contributed by atoms with Crippen molar-refractivity contribution >= 4 is 11.5 Å². The van der Waals surface area contributed by atoms with E-state index < -0.39 is 0 Å². The van der Waals surface area contributed by atoms with E-state index in [2.05, 4.69) is 67.3 Å². The number of likely N-dealkylation sites (tertiary alicyclic amines) is 1. The molecule has 44 heavy (non-hydrogen) atoms. The van der Waals surface area contributed by atoms with E-state index >= 15 is 0 Å². The summed E-state index contributed by atoms with van der Waals surface area (Å²) in [6, 6.07) is 24.6. The summed E-state index contributed by atoms with van der Waals surface area (Å²) in [6.45, 7) is 8.46. The van der Waals surface area contributed by atoms with Gasteiger partial charge in [-0.1, -0.05) is 87.4 Å². The van der Waals surface area contributed by atoms with Gasteiger partial charge in [0.1, 0.15) is 23.9 Å². The number of nitrogens with zero attached hydrogens (tertiary/aromatic N) is 1. The highest BCUT2D eigenvalue weighted by molar-refractivity contribution is 5.83. The lowest BCUT2D eigenvalue weighted by Gasteiger charge is -2.17. The first-order valence-corrected chi connectivity index (χ1v) is 16.6. The molecule has 0 atom stereocenters. The largest absolute Gasteiger partial charge is 0.497 e. The van der Waals surface area contributed by atoms with Crippen molar-refractivity contribution < 1.29 is 19.0 Å². The van der Waals surface area contributed by atoms with Crippen molar-refractivity contribution in [2.24, 2.45) is 0 Å². The minimum atomic E-state index is -0.156. The van der Waals surface area contributed by atoms with Gasteiger partial charge in [0.2, 0.25) is 0 Å². The standard InChI is InChI=1S/C39H51NO4/c1-4-5-6-7-8-9-10-16-38(41)44-36-23-19-34(20-24-36)39(31(2)29-32-14-13-15-37(30-32)42-3)33-17-21-35(22-18-33)43-28-27-40-25-11-12-26-40/h13-15,17-24,30H,4-12,16,25-29H2,1-3H3/b39-31-. The predicted molar refractivity (Wildman–Crippen MR) is 181 cm³/mol. The average molecular weight is 598 g/mol. The van der Waals surface area contributed by atoms with Gasteiger partial charge in [0, 0.05) is 13.0 Å². The van der Waals surface area contributed by atoms with E-state index in [0.717, 1.165) is 54.0 Å². The zero-order chi connectivity index (χ0) is 31.0. The van der Waals surface area contributed by atoms with Gasteiger partial charge in [-0.25, -0.2) is 0 Å². The molecule has 0 aliphatic carbocycles. The van der Waals surface area contributed by atoms with Crippen LogP contribution < -0.4 is 14.2 Å². The number of methoxy groups -OCH3 is 1. The number of benzene rings is 3. The van der Waals surface area contributed by atoms with Gasteiger partial charge in [-0.05, 0) is 104 Å². The van der Waals surface area contributed by atoms with Crippen molar-refractivity contribution in [3.05, 3.63) is 95.1 Å². The Kier molecular flexibility index (Phi) is 13.9. The van der Waals surface area contributed by atoms with Crippen LogP contribution in [0.25, 0.3) is 5.57 Å². The van der Waals surface area contributed by atoms with Crippen molar-refractivity contribution in [3.8, 4) is 17.2 Å². The number of hydrogen-bond donors (Lipinski definition) is 0. The van der Waals surface area contributed by atoms with E-state index in [1.54, 1.807) is 7.11 Å². The zero-order valence-corrected chi connectivity index (χ0v) is 27.1. The Balaban J connectivity index is 1.43. The number of carbonyl (C=O) groups is 1. The Labute approximate surface area is 265 Å². The molecular formula is C39H51NO4. The van der Waals surface area contributed by atoms with E-state index in [4.69, 9.17) is 14.2 Å². The average Bonchev–Trinajstić information content (AvgIpc) is 3.56. The lowest BCUT2D eigenvalue weighted by Crippen LogP contribution is -2.25. The maximum Gasteiger partial charge on any atom is 0.311 e. The summed E-state index contributed by atoms with van der Waals surface area (Å²) < 4.78 is 17.2. The van der Waals surface area contributed by atoms with Crippen molar-refractivity contribution in [1.29, 1.82) is 0 Å². The lowest BCUT2D eigenvalue weighted by atomic mass is 9.90. The van der Waals surface area contributed by atoms with Gasteiger partial charge in [-0.2, -0.15) is 0 Å². The lowest BCUT2D eigenvalue weighted by molar-refractivity contribution is -0.134. The summed E-state index contributed by atoms with van der Waals surface area (Å²) in [5.74, 6) is 2.18. The molecule has 1 aliphatic heterocycles.